The molecule has 2 bridgehead atoms. The third kappa shape index (κ3) is 2.36. The standard InChI is InChI=1S/C23H21NO/c25-22-15-20-12-13-21(22)23(24(20)19-8-2-1-3-9-19)18-11-10-16-6-4-5-7-17(16)14-18/h1-11,14,20-21,23H,12-13,15H2/t20-,21+,23-/m0/s1. The van der Waals surface area contributed by atoms with Crippen LogP contribution in [0, 0.1) is 5.92 Å². The van der Waals surface area contributed by atoms with Gasteiger partial charge in [-0.05, 0) is 47.4 Å². The number of piperidine rings is 2. The van der Waals surface area contributed by atoms with E-state index in [1.165, 1.54) is 22.0 Å². The number of ketones is 1. The summed E-state index contributed by atoms with van der Waals surface area (Å²) in [5.41, 5.74) is 2.51. The quantitative estimate of drug-likeness (QED) is 0.649. The van der Waals surface area contributed by atoms with Crippen LogP contribution in [0.4, 0.5) is 5.69 Å². The Morgan fingerprint density at radius 2 is 1.56 bits per heavy atom. The Morgan fingerprint density at radius 1 is 0.800 bits per heavy atom. The smallest absolute Gasteiger partial charge is 0.140 e. The first-order valence-electron chi connectivity index (χ1n) is 9.16. The largest absolute Gasteiger partial charge is 0.360 e. The fourth-order valence-electron chi connectivity index (χ4n) is 4.77. The normalized spacial score (nSPS) is 25.5. The van der Waals surface area contributed by atoms with Crippen molar-refractivity contribution in [1.82, 2.24) is 0 Å². The molecule has 0 aromatic heterocycles. The summed E-state index contributed by atoms with van der Waals surface area (Å²) >= 11 is 0. The number of anilines is 1. The number of benzene rings is 3. The molecule has 0 amide bonds. The second-order valence-electron chi connectivity index (χ2n) is 7.30. The van der Waals surface area contributed by atoms with Crippen molar-refractivity contribution in [2.45, 2.75) is 31.3 Å². The fourth-order valence-corrected chi connectivity index (χ4v) is 4.77. The number of fused-ring (bicyclic) bond motifs is 4. The van der Waals surface area contributed by atoms with Gasteiger partial charge in [0, 0.05) is 24.1 Å². The topological polar surface area (TPSA) is 20.3 Å². The zero-order valence-corrected chi connectivity index (χ0v) is 14.1. The molecule has 6 rings (SSSR count). The second-order valence-corrected chi connectivity index (χ2v) is 7.30. The molecule has 0 unspecified atom stereocenters. The van der Waals surface area contributed by atoms with E-state index in [0.717, 1.165) is 12.8 Å². The van der Waals surface area contributed by atoms with Gasteiger partial charge in [0.05, 0.1) is 6.04 Å². The molecule has 3 aromatic carbocycles. The number of Topliss-reactive ketones (excluding diaryl/α,β-unsaturated/α-hetero) is 1. The van der Waals surface area contributed by atoms with Gasteiger partial charge >= 0.3 is 0 Å². The Bertz CT molecular complexity index is 933. The molecule has 1 aliphatic carbocycles. The van der Waals surface area contributed by atoms with Gasteiger partial charge in [-0.3, -0.25) is 4.79 Å². The van der Waals surface area contributed by atoms with Crippen molar-refractivity contribution >= 4 is 22.2 Å². The summed E-state index contributed by atoms with van der Waals surface area (Å²) in [6, 6.07) is 26.3. The van der Waals surface area contributed by atoms with E-state index in [-0.39, 0.29) is 12.0 Å². The summed E-state index contributed by atoms with van der Waals surface area (Å²) in [7, 11) is 0. The molecule has 2 aliphatic heterocycles. The molecule has 3 aliphatic rings. The number of hydrogen-bond donors (Lipinski definition) is 0. The molecular weight excluding hydrogens is 306 g/mol. The van der Waals surface area contributed by atoms with Crippen LogP contribution >= 0.6 is 0 Å². The lowest BCUT2D eigenvalue weighted by atomic mass is 9.71. The summed E-state index contributed by atoms with van der Waals surface area (Å²) in [5.74, 6) is 0.563. The maximum Gasteiger partial charge on any atom is 0.140 e. The van der Waals surface area contributed by atoms with Crippen molar-refractivity contribution in [3.8, 4) is 0 Å². The monoisotopic (exact) mass is 327 g/mol. The van der Waals surface area contributed by atoms with Gasteiger partial charge in [-0.2, -0.15) is 0 Å². The summed E-state index contributed by atoms with van der Waals surface area (Å²) in [5, 5.41) is 2.51. The van der Waals surface area contributed by atoms with Crippen LogP contribution in [0.15, 0.2) is 72.8 Å². The molecule has 2 heteroatoms. The average Bonchev–Trinajstić information content (AvgIpc) is 2.68. The van der Waals surface area contributed by atoms with Crippen LogP contribution < -0.4 is 4.90 Å². The van der Waals surface area contributed by atoms with Crippen molar-refractivity contribution in [1.29, 1.82) is 0 Å². The van der Waals surface area contributed by atoms with Crippen molar-refractivity contribution < 1.29 is 4.79 Å². The predicted molar refractivity (Wildman–Crippen MR) is 102 cm³/mol. The molecule has 3 atom stereocenters. The molecule has 3 fully saturated rings. The molecule has 25 heavy (non-hydrogen) atoms. The van der Waals surface area contributed by atoms with Crippen LogP contribution in [0.25, 0.3) is 10.8 Å². The predicted octanol–water partition coefficient (Wildman–Crippen LogP) is 5.14. The van der Waals surface area contributed by atoms with Crippen LogP contribution in [0.1, 0.15) is 30.9 Å². The first-order chi connectivity index (χ1) is 12.3. The van der Waals surface area contributed by atoms with Crippen molar-refractivity contribution in [3.63, 3.8) is 0 Å². The van der Waals surface area contributed by atoms with Gasteiger partial charge in [-0.15, -0.1) is 0 Å². The Hall–Kier alpha value is -2.61. The molecule has 124 valence electrons. The third-order valence-electron chi connectivity index (χ3n) is 5.90. The van der Waals surface area contributed by atoms with Gasteiger partial charge in [0.25, 0.3) is 0 Å². The maximum absolute atomic E-state index is 12.7. The van der Waals surface area contributed by atoms with Crippen LogP contribution in [0.5, 0.6) is 0 Å². The highest BCUT2D eigenvalue weighted by Gasteiger charge is 2.47. The van der Waals surface area contributed by atoms with Crippen molar-refractivity contribution in [2.75, 3.05) is 4.90 Å². The van der Waals surface area contributed by atoms with Gasteiger partial charge in [0.2, 0.25) is 0 Å². The zero-order chi connectivity index (χ0) is 16.8. The van der Waals surface area contributed by atoms with Crippen LogP contribution in [-0.2, 0) is 4.79 Å². The maximum atomic E-state index is 12.7. The molecular formula is C23H21NO. The number of hydrogen-bond acceptors (Lipinski definition) is 2. The first kappa shape index (κ1) is 14.7. The minimum atomic E-state index is 0.117. The molecule has 2 heterocycles. The summed E-state index contributed by atoms with van der Waals surface area (Å²) in [6.45, 7) is 0. The minimum absolute atomic E-state index is 0.117. The van der Waals surface area contributed by atoms with Crippen molar-refractivity contribution in [3.05, 3.63) is 78.4 Å². The molecule has 0 radical (unpaired) electrons. The summed E-state index contributed by atoms with van der Waals surface area (Å²) < 4.78 is 0. The van der Waals surface area contributed by atoms with E-state index in [0.29, 0.717) is 18.2 Å². The van der Waals surface area contributed by atoms with Gasteiger partial charge in [0.1, 0.15) is 5.78 Å². The van der Waals surface area contributed by atoms with E-state index in [4.69, 9.17) is 0 Å². The Morgan fingerprint density at radius 3 is 2.36 bits per heavy atom. The lowest BCUT2D eigenvalue weighted by Crippen LogP contribution is -2.54. The number of rotatable bonds is 2. The minimum Gasteiger partial charge on any atom is -0.360 e. The van der Waals surface area contributed by atoms with E-state index in [9.17, 15) is 4.79 Å². The molecule has 0 spiro atoms. The molecule has 0 N–H and O–H groups in total. The van der Waals surface area contributed by atoms with Gasteiger partial charge in [0.15, 0.2) is 0 Å². The van der Waals surface area contributed by atoms with E-state index >= 15 is 0 Å². The van der Waals surface area contributed by atoms with Crippen LogP contribution in [0.3, 0.4) is 0 Å². The van der Waals surface area contributed by atoms with E-state index < -0.39 is 0 Å². The second kappa shape index (κ2) is 5.73. The van der Waals surface area contributed by atoms with Gasteiger partial charge in [-0.25, -0.2) is 0 Å². The van der Waals surface area contributed by atoms with Gasteiger partial charge in [-0.1, -0.05) is 54.6 Å². The van der Waals surface area contributed by atoms with Gasteiger partial charge < -0.3 is 4.90 Å². The molecule has 1 saturated carbocycles. The Balaban J connectivity index is 1.65. The number of carbonyl (C=O) groups is 1. The molecule has 2 nitrogen and oxygen atoms in total. The first-order valence-corrected chi connectivity index (χ1v) is 9.16. The lowest BCUT2D eigenvalue weighted by molar-refractivity contribution is -0.128. The van der Waals surface area contributed by atoms with E-state index in [1.807, 2.05) is 0 Å². The summed E-state index contributed by atoms with van der Waals surface area (Å²) in [6.07, 6.45) is 2.84. The Labute approximate surface area is 148 Å². The fraction of sp³-hybridized carbons (Fsp3) is 0.261. The molecule has 2 saturated heterocycles. The average molecular weight is 327 g/mol. The highest BCUT2D eigenvalue weighted by molar-refractivity contribution is 5.88. The van der Waals surface area contributed by atoms with Crippen LogP contribution in [-0.4, -0.2) is 11.8 Å². The van der Waals surface area contributed by atoms with E-state index in [2.05, 4.69) is 77.7 Å². The lowest BCUT2D eigenvalue weighted by Gasteiger charge is -2.52. The number of carbonyl (C=O) groups excluding carboxylic acids is 1. The number of nitrogens with zero attached hydrogens (tertiary/aromatic N) is 1. The highest BCUT2D eigenvalue weighted by atomic mass is 16.1. The third-order valence-corrected chi connectivity index (χ3v) is 5.90. The zero-order valence-electron chi connectivity index (χ0n) is 14.1. The SMILES string of the molecule is O=C1C[C@@H]2CC[C@H]1[C@H](c1ccc3ccccc3c1)N2c1ccccc1. The summed E-state index contributed by atoms with van der Waals surface area (Å²) in [4.78, 5) is 15.2. The van der Waals surface area contributed by atoms with Crippen molar-refractivity contribution in [2.24, 2.45) is 5.92 Å². The number of para-hydroxylation sites is 1. The van der Waals surface area contributed by atoms with Crippen LogP contribution in [0.2, 0.25) is 0 Å². The Kier molecular flexibility index (Phi) is 3.37. The highest BCUT2D eigenvalue weighted by Crippen LogP contribution is 2.48. The van der Waals surface area contributed by atoms with E-state index in [1.54, 1.807) is 0 Å². The molecule has 3 aromatic rings.